The van der Waals surface area contributed by atoms with Crippen LogP contribution in [0.3, 0.4) is 0 Å². The lowest BCUT2D eigenvalue weighted by atomic mass is 10.2. The van der Waals surface area contributed by atoms with Crippen molar-refractivity contribution < 1.29 is 9.90 Å². The minimum Gasteiger partial charge on any atom is -0.478 e. The van der Waals surface area contributed by atoms with E-state index in [1.807, 2.05) is 19.2 Å². The Labute approximate surface area is 119 Å². The fraction of sp³-hybridized carbons (Fsp3) is 0.467. The normalized spacial score (nSPS) is 19.6. The summed E-state index contributed by atoms with van der Waals surface area (Å²) in [5, 5.41) is 8.58. The number of carbonyl (C=O) groups is 1. The van der Waals surface area contributed by atoms with E-state index in [-0.39, 0.29) is 0 Å². The Morgan fingerprint density at radius 2 is 2.40 bits per heavy atom. The molecule has 1 saturated heterocycles. The van der Waals surface area contributed by atoms with Gasteiger partial charge in [0.2, 0.25) is 0 Å². The summed E-state index contributed by atoms with van der Waals surface area (Å²) in [6, 6.07) is 4.40. The topological polar surface area (TPSA) is 56.7 Å². The van der Waals surface area contributed by atoms with Gasteiger partial charge in [-0.2, -0.15) is 0 Å². The third kappa shape index (κ3) is 3.81. The first-order chi connectivity index (χ1) is 9.56. The maximum atomic E-state index is 10.5. The number of carboxylic acids is 1. The number of anilines is 1. The second-order valence-electron chi connectivity index (χ2n) is 5.28. The van der Waals surface area contributed by atoms with Gasteiger partial charge in [-0.1, -0.05) is 0 Å². The van der Waals surface area contributed by atoms with Crippen LogP contribution in [0, 0.1) is 0 Å². The summed E-state index contributed by atoms with van der Waals surface area (Å²) in [5.41, 5.74) is 0.794. The first-order valence-electron chi connectivity index (χ1n) is 6.84. The molecule has 1 aromatic heterocycles. The Balaban J connectivity index is 1.96. The van der Waals surface area contributed by atoms with E-state index in [0.29, 0.717) is 6.04 Å². The highest BCUT2D eigenvalue weighted by atomic mass is 16.4. The molecule has 108 valence electrons. The van der Waals surface area contributed by atoms with Crippen molar-refractivity contribution in [3.05, 3.63) is 30.0 Å². The molecule has 0 radical (unpaired) electrons. The average molecular weight is 275 g/mol. The molecule has 1 N–H and O–H groups in total. The number of carboxylic acid groups (broad SMARTS) is 1. The van der Waals surface area contributed by atoms with E-state index in [9.17, 15) is 4.79 Å². The minimum atomic E-state index is -0.949. The first kappa shape index (κ1) is 14.5. The average Bonchev–Trinajstić information content (AvgIpc) is 2.82. The van der Waals surface area contributed by atoms with Gasteiger partial charge in [0.15, 0.2) is 0 Å². The van der Waals surface area contributed by atoms with E-state index >= 15 is 0 Å². The van der Waals surface area contributed by atoms with Gasteiger partial charge in [0.05, 0.1) is 0 Å². The van der Waals surface area contributed by atoms with Crippen LogP contribution in [0.15, 0.2) is 24.4 Å². The number of nitrogens with zero attached hydrogens (tertiary/aromatic N) is 3. The summed E-state index contributed by atoms with van der Waals surface area (Å²) in [5.74, 6) is -0.0340. The van der Waals surface area contributed by atoms with Gasteiger partial charge in [-0.05, 0) is 50.2 Å². The van der Waals surface area contributed by atoms with Crippen LogP contribution in [-0.4, -0.2) is 54.2 Å². The Morgan fingerprint density at radius 1 is 1.60 bits per heavy atom. The van der Waals surface area contributed by atoms with E-state index in [1.165, 1.54) is 19.4 Å². The zero-order valence-corrected chi connectivity index (χ0v) is 12.0. The molecule has 1 atom stereocenters. The summed E-state index contributed by atoms with van der Waals surface area (Å²) in [7, 11) is 4.21. The van der Waals surface area contributed by atoms with Gasteiger partial charge in [0, 0.05) is 31.9 Å². The van der Waals surface area contributed by atoms with Crippen molar-refractivity contribution in [1.82, 2.24) is 9.88 Å². The Hall–Kier alpha value is -1.88. The maximum Gasteiger partial charge on any atom is 0.328 e. The van der Waals surface area contributed by atoms with Crippen LogP contribution in [-0.2, 0) is 4.79 Å². The van der Waals surface area contributed by atoms with E-state index in [2.05, 4.69) is 21.8 Å². The molecule has 1 aliphatic heterocycles. The zero-order valence-electron chi connectivity index (χ0n) is 12.0. The highest BCUT2D eigenvalue weighted by Gasteiger charge is 2.22. The molecule has 0 saturated carbocycles. The molecule has 1 unspecified atom stereocenters. The maximum absolute atomic E-state index is 10.5. The predicted octanol–water partition coefficient (Wildman–Crippen LogP) is 1.71. The van der Waals surface area contributed by atoms with Crippen molar-refractivity contribution in [1.29, 1.82) is 0 Å². The Morgan fingerprint density at radius 3 is 2.95 bits per heavy atom. The summed E-state index contributed by atoms with van der Waals surface area (Å²) in [4.78, 5) is 19.4. The van der Waals surface area contributed by atoms with Crippen molar-refractivity contribution in [2.24, 2.45) is 0 Å². The van der Waals surface area contributed by atoms with E-state index in [4.69, 9.17) is 5.11 Å². The SMILES string of the molecule is CN(CC1CCCN1C)c1ccc(/C=C/C(=O)O)cn1. The third-order valence-corrected chi connectivity index (χ3v) is 3.74. The number of rotatable bonds is 5. The molecule has 5 heteroatoms. The fourth-order valence-corrected chi connectivity index (χ4v) is 2.51. The summed E-state index contributed by atoms with van der Waals surface area (Å²) >= 11 is 0. The standard InChI is InChI=1S/C15H21N3O2/c1-17-9-3-4-13(17)11-18(2)14-7-5-12(10-16-14)6-8-15(19)20/h5-8,10,13H,3-4,9,11H2,1-2H3,(H,19,20)/b8-6+. The van der Waals surface area contributed by atoms with Crippen molar-refractivity contribution in [2.75, 3.05) is 32.1 Å². The number of likely N-dealkylation sites (tertiary alicyclic amines) is 1. The van der Waals surface area contributed by atoms with Gasteiger partial charge in [0.25, 0.3) is 0 Å². The van der Waals surface area contributed by atoms with E-state index in [1.54, 1.807) is 12.3 Å². The number of likely N-dealkylation sites (N-methyl/N-ethyl adjacent to an activating group) is 2. The first-order valence-corrected chi connectivity index (χ1v) is 6.84. The largest absolute Gasteiger partial charge is 0.478 e. The molecule has 1 aliphatic rings. The molecule has 2 heterocycles. The molecule has 5 nitrogen and oxygen atoms in total. The molecule has 20 heavy (non-hydrogen) atoms. The number of hydrogen-bond acceptors (Lipinski definition) is 4. The van der Waals surface area contributed by atoms with E-state index < -0.39 is 5.97 Å². The van der Waals surface area contributed by atoms with Crippen molar-refractivity contribution >= 4 is 17.9 Å². The van der Waals surface area contributed by atoms with Crippen LogP contribution < -0.4 is 4.90 Å². The summed E-state index contributed by atoms with van der Waals surface area (Å²) in [6.07, 6.45) is 6.86. The smallest absolute Gasteiger partial charge is 0.328 e. The second kappa shape index (κ2) is 6.52. The molecule has 0 bridgehead atoms. The molecule has 0 aliphatic carbocycles. The number of hydrogen-bond donors (Lipinski definition) is 1. The van der Waals surface area contributed by atoms with Crippen LogP contribution in [0.1, 0.15) is 18.4 Å². The zero-order chi connectivity index (χ0) is 14.5. The molecule has 1 aromatic rings. The second-order valence-corrected chi connectivity index (χ2v) is 5.28. The Kier molecular flexibility index (Phi) is 4.74. The van der Waals surface area contributed by atoms with Gasteiger partial charge in [-0.15, -0.1) is 0 Å². The van der Waals surface area contributed by atoms with Crippen LogP contribution in [0.4, 0.5) is 5.82 Å². The van der Waals surface area contributed by atoms with Gasteiger partial charge in [-0.3, -0.25) is 0 Å². The van der Waals surface area contributed by atoms with Crippen LogP contribution in [0.5, 0.6) is 0 Å². The summed E-state index contributed by atoms with van der Waals surface area (Å²) < 4.78 is 0. The van der Waals surface area contributed by atoms with Gasteiger partial charge < -0.3 is 14.9 Å². The lowest BCUT2D eigenvalue weighted by molar-refractivity contribution is -0.131. The van der Waals surface area contributed by atoms with E-state index in [0.717, 1.165) is 24.0 Å². The lowest BCUT2D eigenvalue weighted by Gasteiger charge is -2.26. The Bertz CT molecular complexity index is 484. The van der Waals surface area contributed by atoms with Gasteiger partial charge >= 0.3 is 5.97 Å². The molecular formula is C15H21N3O2. The summed E-state index contributed by atoms with van der Waals surface area (Å²) in [6.45, 7) is 2.14. The van der Waals surface area contributed by atoms with Crippen LogP contribution in [0.25, 0.3) is 6.08 Å². The molecule has 0 spiro atoms. The minimum absolute atomic E-state index is 0.591. The quantitative estimate of drug-likeness (QED) is 0.829. The van der Waals surface area contributed by atoms with Crippen molar-refractivity contribution in [3.63, 3.8) is 0 Å². The lowest BCUT2D eigenvalue weighted by Crippen LogP contribution is -2.36. The molecule has 0 amide bonds. The number of aliphatic carboxylic acids is 1. The molecule has 2 rings (SSSR count). The van der Waals surface area contributed by atoms with Crippen molar-refractivity contribution in [2.45, 2.75) is 18.9 Å². The van der Waals surface area contributed by atoms with Gasteiger partial charge in [0.1, 0.15) is 5.82 Å². The van der Waals surface area contributed by atoms with Gasteiger partial charge in [-0.25, -0.2) is 9.78 Å². The number of pyridine rings is 1. The number of aromatic nitrogens is 1. The van der Waals surface area contributed by atoms with Crippen molar-refractivity contribution in [3.8, 4) is 0 Å². The molecular weight excluding hydrogens is 254 g/mol. The third-order valence-electron chi connectivity index (χ3n) is 3.74. The predicted molar refractivity (Wildman–Crippen MR) is 79.8 cm³/mol. The van der Waals surface area contributed by atoms with Crippen LogP contribution in [0.2, 0.25) is 0 Å². The highest BCUT2D eigenvalue weighted by molar-refractivity contribution is 5.85. The molecule has 0 aromatic carbocycles. The fourth-order valence-electron chi connectivity index (χ4n) is 2.51. The highest BCUT2D eigenvalue weighted by Crippen LogP contribution is 2.18. The monoisotopic (exact) mass is 275 g/mol. The van der Waals surface area contributed by atoms with Crippen LogP contribution >= 0.6 is 0 Å². The molecule has 1 fully saturated rings.